The third kappa shape index (κ3) is 23.5. The van der Waals surface area contributed by atoms with E-state index in [0.29, 0.717) is 55.5 Å². The number of nitrogens with zero attached hydrogens (tertiary/aromatic N) is 4. The number of carboxylic acids is 1. The number of likely N-dealkylation sites (tertiary alicyclic amines) is 2. The van der Waals surface area contributed by atoms with Gasteiger partial charge in [-0.05, 0) is 92.4 Å². The van der Waals surface area contributed by atoms with E-state index in [0.717, 1.165) is 0 Å². The number of methoxy groups -OCH3 is 2. The van der Waals surface area contributed by atoms with E-state index in [1.807, 2.05) is 32.0 Å². The summed E-state index contributed by atoms with van der Waals surface area (Å²) in [4.78, 5) is 153. The first-order chi connectivity index (χ1) is 44.9. The molecule has 0 bridgehead atoms. The first-order valence-electron chi connectivity index (χ1n) is 33.3. The second-order valence-electron chi connectivity index (χ2n) is 26.3. The van der Waals surface area contributed by atoms with Crippen LogP contribution < -0.4 is 37.6 Å². The summed E-state index contributed by atoms with van der Waals surface area (Å²) in [5.74, 6) is -7.39. The number of carbonyl (C=O) groups excluding carboxylic acids is 10. The summed E-state index contributed by atoms with van der Waals surface area (Å²) in [6, 6.07) is 8.49. The fourth-order valence-corrected chi connectivity index (χ4v) is 12.4. The van der Waals surface area contributed by atoms with Gasteiger partial charge in [-0.15, -0.1) is 0 Å². The van der Waals surface area contributed by atoms with E-state index in [1.54, 1.807) is 109 Å². The molecule has 2 heterocycles. The van der Waals surface area contributed by atoms with Crippen molar-refractivity contribution in [1.82, 2.24) is 46.2 Å². The molecule has 10 N–H and O–H groups in total. The molecule has 27 heteroatoms. The van der Waals surface area contributed by atoms with Crippen molar-refractivity contribution in [3.05, 3.63) is 65.7 Å². The van der Waals surface area contributed by atoms with Gasteiger partial charge in [-0.2, -0.15) is 0 Å². The molecule has 530 valence electrons. The molecule has 0 spiro atoms. The number of nitrogens with two attached hydrogens (primary N) is 1. The highest BCUT2D eigenvalue weighted by atomic mass is 16.6. The number of carbonyl (C=O) groups is 11. The molecule has 2 aromatic rings. The molecule has 2 fully saturated rings. The highest BCUT2D eigenvalue weighted by Crippen LogP contribution is 2.31. The number of aliphatic hydroxyl groups excluding tert-OH is 1. The number of carboxylic acid groups (broad SMARTS) is 1. The lowest BCUT2D eigenvalue weighted by molar-refractivity contribution is -0.148. The number of anilines is 1. The molecule has 2 aliphatic rings. The molecule has 4 rings (SSSR count). The number of rotatable bonds is 36. The van der Waals surface area contributed by atoms with Crippen molar-refractivity contribution in [2.75, 3.05) is 59.8 Å². The van der Waals surface area contributed by atoms with Crippen LogP contribution in [0.25, 0.3) is 0 Å². The fraction of sp³-hybridized carbons (Fsp3) is 0.662. The number of aliphatic hydroxyl groups is 1. The minimum Gasteiger partial charge on any atom is -0.481 e. The van der Waals surface area contributed by atoms with Gasteiger partial charge >= 0.3 is 18.1 Å². The predicted octanol–water partition coefficient (Wildman–Crippen LogP) is 4.70. The van der Waals surface area contributed by atoms with E-state index in [9.17, 15) is 63.0 Å². The second-order valence-corrected chi connectivity index (χ2v) is 26.3. The maximum Gasteiger partial charge on any atom is 0.410 e. The number of piperidine rings is 1. The summed E-state index contributed by atoms with van der Waals surface area (Å²) < 4.78 is 17.7. The first kappa shape index (κ1) is 79.5. The zero-order valence-corrected chi connectivity index (χ0v) is 58.0. The zero-order chi connectivity index (χ0) is 71.0. The van der Waals surface area contributed by atoms with Gasteiger partial charge in [-0.25, -0.2) is 9.59 Å². The van der Waals surface area contributed by atoms with E-state index in [4.69, 9.17) is 19.9 Å². The van der Waals surface area contributed by atoms with Crippen LogP contribution in [0.5, 0.6) is 0 Å². The minimum absolute atomic E-state index is 0.0519. The third-order valence-electron chi connectivity index (χ3n) is 18.3. The smallest absolute Gasteiger partial charge is 0.410 e. The Balaban J connectivity index is 1.38. The van der Waals surface area contributed by atoms with Gasteiger partial charge in [0.15, 0.2) is 0 Å². The molecule has 95 heavy (non-hydrogen) atoms. The highest BCUT2D eigenvalue weighted by molar-refractivity contribution is 5.99. The lowest BCUT2D eigenvalue weighted by Gasteiger charge is -2.41. The van der Waals surface area contributed by atoms with Crippen LogP contribution >= 0.6 is 0 Å². The molecule has 2 aromatic carbocycles. The third-order valence-corrected chi connectivity index (χ3v) is 18.3. The maximum atomic E-state index is 14.8. The molecular formula is C68H107N11O16. The second kappa shape index (κ2) is 38.6. The predicted molar refractivity (Wildman–Crippen MR) is 355 cm³/mol. The Kier molecular flexibility index (Phi) is 32.3. The van der Waals surface area contributed by atoms with Crippen molar-refractivity contribution >= 4 is 71.0 Å². The molecule has 11 amide bonds. The van der Waals surface area contributed by atoms with Crippen molar-refractivity contribution < 1.29 is 77.2 Å². The average molecular weight is 1330 g/mol. The van der Waals surface area contributed by atoms with Crippen LogP contribution in [0.3, 0.4) is 0 Å². The quantitative estimate of drug-likeness (QED) is 0.0418. The topological polar surface area (TPSA) is 367 Å². The van der Waals surface area contributed by atoms with E-state index < -0.39 is 138 Å². The number of primary amides is 1. The standard InChI is InChI=1S/C68H107N11O16/c1-15-42(8)58(51(93-13)37-54(82)79-34-20-24-50(79)60(94-14)43(9)61(84)71-44(10)59(83)46-21-17-16-18-22-46)76(11)65(88)56(40(4)5)75-64(87)57(41(6)7)77(12)68(92)95-38-45-25-27-48(28-26-45)72-62(85)49(23-19-33-70-67(69)91)73-63(86)55(39(2)3)74-52(80)29-30-53(81)78-35-31-47(32-36-78)66(89)90/h16-18,21-22,25-28,39-44,47,49-51,55-60,83H,15,19-20,23-24,29-38H2,1-14H3,(H,71,84)(H,72,85)(H,73,86)(H,74,80)(H,75,87)(H,89,90)(H3,69,70,91)/t42-,43+,44+,49-,50-,51+,55?,56-,57?,58-,59+,60+/m0/s1. The van der Waals surface area contributed by atoms with Crippen LogP contribution in [0.4, 0.5) is 15.3 Å². The summed E-state index contributed by atoms with van der Waals surface area (Å²) in [5.41, 5.74) is 6.73. The summed E-state index contributed by atoms with van der Waals surface area (Å²) in [7, 11) is 6.06. The number of ether oxygens (including phenoxy) is 3. The molecule has 12 atom stereocenters. The Morgan fingerprint density at radius 2 is 1.33 bits per heavy atom. The van der Waals surface area contributed by atoms with Gasteiger partial charge in [0, 0.05) is 73.0 Å². The Morgan fingerprint density at radius 3 is 1.88 bits per heavy atom. The SMILES string of the molecule is CC[C@H](C)[C@@H]([C@@H](CC(=O)N1CCC[C@H]1[C@H](OC)[C@@H](C)C(=O)N[C@H](C)[C@@H](O)c1ccccc1)OC)N(C)C(=O)[C@@H](NC(=O)C(C(C)C)N(C)C(=O)OCc1ccc(NC(=O)[C@H](CCCNC(N)=O)NC(=O)C(NC(=O)CCC(=O)N2CCC(C(=O)O)CC2)C(C)C)cc1)C(C)C. The largest absolute Gasteiger partial charge is 0.481 e. The first-order valence-corrected chi connectivity index (χ1v) is 33.3. The van der Waals surface area contributed by atoms with Gasteiger partial charge in [0.05, 0.1) is 54.7 Å². The van der Waals surface area contributed by atoms with Gasteiger partial charge in [0.1, 0.15) is 30.8 Å². The normalized spacial score (nSPS) is 17.7. The number of nitrogens with one attached hydrogen (secondary N) is 6. The molecule has 2 saturated heterocycles. The molecular weight excluding hydrogens is 1230 g/mol. The summed E-state index contributed by atoms with van der Waals surface area (Å²) in [6.07, 6.45) is -0.903. The lowest BCUT2D eigenvalue weighted by Crippen LogP contribution is -2.60. The van der Waals surface area contributed by atoms with Crippen molar-refractivity contribution in [3.63, 3.8) is 0 Å². The molecule has 0 aromatic heterocycles. The van der Waals surface area contributed by atoms with Gasteiger partial charge in [-0.1, -0.05) is 111 Å². The van der Waals surface area contributed by atoms with Crippen molar-refractivity contribution in [3.8, 4) is 0 Å². The molecule has 0 saturated carbocycles. The van der Waals surface area contributed by atoms with Crippen LogP contribution in [0.2, 0.25) is 0 Å². The summed E-state index contributed by atoms with van der Waals surface area (Å²) >= 11 is 0. The number of likely N-dealkylation sites (N-methyl/N-ethyl adjacent to an activating group) is 2. The number of benzene rings is 2. The average Bonchev–Trinajstić information content (AvgIpc) is 1.81. The van der Waals surface area contributed by atoms with E-state index >= 15 is 0 Å². The van der Waals surface area contributed by atoms with Gasteiger partial charge in [-0.3, -0.25) is 48.1 Å². The van der Waals surface area contributed by atoms with Crippen LogP contribution in [0.1, 0.15) is 151 Å². The number of aliphatic carboxylic acids is 1. The summed E-state index contributed by atoms with van der Waals surface area (Å²) in [5, 5.41) is 36.7. The van der Waals surface area contributed by atoms with E-state index in [-0.39, 0.29) is 82.0 Å². The monoisotopic (exact) mass is 1330 g/mol. The number of amides is 11. The van der Waals surface area contributed by atoms with Gasteiger partial charge < -0.3 is 76.8 Å². The summed E-state index contributed by atoms with van der Waals surface area (Å²) in [6.45, 7) is 18.7. The Hall–Kier alpha value is -7.91. The van der Waals surface area contributed by atoms with Crippen LogP contribution in [-0.4, -0.2) is 204 Å². The number of hydrogen-bond donors (Lipinski definition) is 9. The van der Waals surface area contributed by atoms with Gasteiger partial charge in [0.25, 0.3) is 0 Å². The molecule has 27 nitrogen and oxygen atoms in total. The Bertz CT molecular complexity index is 2870. The molecule has 0 aliphatic carbocycles. The van der Waals surface area contributed by atoms with Crippen LogP contribution in [0, 0.1) is 35.5 Å². The zero-order valence-electron chi connectivity index (χ0n) is 58.0. The van der Waals surface area contributed by atoms with E-state index in [1.165, 1.54) is 31.1 Å². The van der Waals surface area contributed by atoms with Crippen molar-refractivity contribution in [2.24, 2.45) is 41.2 Å². The van der Waals surface area contributed by atoms with Crippen LogP contribution in [0.15, 0.2) is 54.6 Å². The lowest BCUT2D eigenvalue weighted by atomic mass is 9.89. The molecule has 0 radical (unpaired) electrons. The van der Waals surface area contributed by atoms with Gasteiger partial charge in [0.2, 0.25) is 47.3 Å². The molecule has 2 unspecified atom stereocenters. The maximum absolute atomic E-state index is 14.8. The Morgan fingerprint density at radius 1 is 0.695 bits per heavy atom. The van der Waals surface area contributed by atoms with Crippen LogP contribution in [-0.2, 0) is 64.0 Å². The minimum atomic E-state index is -1.16. The number of urea groups is 1. The van der Waals surface area contributed by atoms with Crippen molar-refractivity contribution in [2.45, 2.75) is 201 Å². The van der Waals surface area contributed by atoms with E-state index in [2.05, 4.69) is 31.9 Å². The fourth-order valence-electron chi connectivity index (χ4n) is 12.4. The van der Waals surface area contributed by atoms with Crippen molar-refractivity contribution in [1.29, 1.82) is 0 Å². The number of hydrogen-bond acceptors (Lipinski definition) is 15. The molecule has 2 aliphatic heterocycles. The Labute approximate surface area is 559 Å². The highest BCUT2D eigenvalue weighted by Gasteiger charge is 2.44.